The number of rotatable bonds is 5. The number of ether oxygens (including phenoxy) is 2. The second-order valence-electron chi connectivity index (χ2n) is 4.22. The minimum Gasteiger partial charge on any atom is -0.493 e. The monoisotopic (exact) mass is 275 g/mol. The first kappa shape index (κ1) is 14.0. The number of fused-ring (bicyclic) bond motifs is 1. The molecule has 0 radical (unpaired) electrons. The minimum absolute atomic E-state index is 0.214. The minimum atomic E-state index is -0.979. The fourth-order valence-electron chi connectivity index (χ4n) is 2.27. The highest BCUT2D eigenvalue weighted by molar-refractivity contribution is 6.09. The summed E-state index contributed by atoms with van der Waals surface area (Å²) < 4.78 is 10.7. The number of aromatic carboxylic acids is 1. The van der Waals surface area contributed by atoms with Gasteiger partial charge in [-0.25, -0.2) is 4.79 Å². The molecule has 0 heterocycles. The number of anilines is 1. The lowest BCUT2D eigenvalue weighted by Gasteiger charge is -2.16. The molecule has 2 aromatic carbocycles. The van der Waals surface area contributed by atoms with Crippen LogP contribution in [0.15, 0.2) is 24.3 Å². The van der Waals surface area contributed by atoms with E-state index in [1.807, 2.05) is 13.0 Å². The van der Waals surface area contributed by atoms with E-state index in [1.54, 1.807) is 32.4 Å². The molecule has 2 rings (SSSR count). The third kappa shape index (κ3) is 2.22. The van der Waals surface area contributed by atoms with Crippen LogP contribution in [0, 0.1) is 0 Å². The average Bonchev–Trinajstić information content (AvgIpc) is 2.46. The van der Waals surface area contributed by atoms with Crippen LogP contribution < -0.4 is 14.8 Å². The summed E-state index contributed by atoms with van der Waals surface area (Å²) in [5, 5.41) is 14.0. The molecule has 0 aliphatic heterocycles. The van der Waals surface area contributed by atoms with Gasteiger partial charge in [-0.2, -0.15) is 0 Å². The lowest BCUT2D eigenvalue weighted by Crippen LogP contribution is -2.07. The summed E-state index contributed by atoms with van der Waals surface area (Å²) in [6.07, 6.45) is 0. The van der Waals surface area contributed by atoms with Gasteiger partial charge in [0.05, 0.1) is 30.9 Å². The number of carboxylic acids is 1. The molecule has 0 fully saturated rings. The van der Waals surface area contributed by atoms with Gasteiger partial charge in [-0.1, -0.05) is 12.1 Å². The number of benzene rings is 2. The number of carbonyl (C=O) groups is 1. The first-order valence-electron chi connectivity index (χ1n) is 6.28. The SMILES string of the molecule is CCNc1c(C(=O)O)ccc2ccc(OC)c(OC)c12. The zero-order chi connectivity index (χ0) is 14.7. The van der Waals surface area contributed by atoms with Crippen molar-refractivity contribution in [3.63, 3.8) is 0 Å². The third-order valence-electron chi connectivity index (χ3n) is 3.11. The molecule has 0 unspecified atom stereocenters. The summed E-state index contributed by atoms with van der Waals surface area (Å²) in [5.74, 6) is 0.124. The molecule has 2 aromatic rings. The van der Waals surface area contributed by atoms with E-state index in [1.165, 1.54) is 0 Å². The van der Waals surface area contributed by atoms with Gasteiger partial charge in [0.15, 0.2) is 11.5 Å². The highest BCUT2D eigenvalue weighted by atomic mass is 16.5. The van der Waals surface area contributed by atoms with Crippen molar-refractivity contribution >= 4 is 22.4 Å². The topological polar surface area (TPSA) is 67.8 Å². The van der Waals surface area contributed by atoms with Crippen LogP contribution >= 0.6 is 0 Å². The Morgan fingerprint density at radius 3 is 2.45 bits per heavy atom. The zero-order valence-electron chi connectivity index (χ0n) is 11.7. The van der Waals surface area contributed by atoms with E-state index in [4.69, 9.17) is 9.47 Å². The summed E-state index contributed by atoms with van der Waals surface area (Å²) in [7, 11) is 3.10. The van der Waals surface area contributed by atoms with Crippen LogP contribution in [-0.4, -0.2) is 31.8 Å². The largest absolute Gasteiger partial charge is 0.493 e. The Morgan fingerprint density at radius 2 is 1.90 bits per heavy atom. The predicted octanol–water partition coefficient (Wildman–Crippen LogP) is 2.99. The molecule has 0 amide bonds. The van der Waals surface area contributed by atoms with Gasteiger partial charge in [0.2, 0.25) is 0 Å². The van der Waals surface area contributed by atoms with Crippen molar-refractivity contribution in [1.29, 1.82) is 0 Å². The second-order valence-corrected chi connectivity index (χ2v) is 4.22. The van der Waals surface area contributed by atoms with Gasteiger partial charge in [0, 0.05) is 6.54 Å². The fourth-order valence-corrected chi connectivity index (χ4v) is 2.27. The van der Waals surface area contributed by atoms with E-state index in [0.717, 1.165) is 5.39 Å². The van der Waals surface area contributed by atoms with E-state index in [0.29, 0.717) is 29.1 Å². The Bertz CT molecular complexity index is 652. The maximum absolute atomic E-state index is 11.4. The number of carboxylic acid groups (broad SMARTS) is 1. The van der Waals surface area contributed by atoms with Crippen LogP contribution in [-0.2, 0) is 0 Å². The Kier molecular flexibility index (Phi) is 3.98. The first-order chi connectivity index (χ1) is 9.63. The lowest BCUT2D eigenvalue weighted by atomic mass is 10.0. The molecule has 0 saturated heterocycles. The van der Waals surface area contributed by atoms with Gasteiger partial charge < -0.3 is 19.9 Å². The summed E-state index contributed by atoms with van der Waals surface area (Å²) in [5.41, 5.74) is 0.763. The van der Waals surface area contributed by atoms with Gasteiger partial charge in [-0.3, -0.25) is 0 Å². The lowest BCUT2D eigenvalue weighted by molar-refractivity contribution is 0.0698. The Morgan fingerprint density at radius 1 is 1.20 bits per heavy atom. The quantitative estimate of drug-likeness (QED) is 0.878. The van der Waals surface area contributed by atoms with Crippen LogP contribution in [0.1, 0.15) is 17.3 Å². The molecule has 5 nitrogen and oxygen atoms in total. The standard InChI is InChI=1S/C15H17NO4/c1-4-16-13-10(15(17)18)7-5-9-6-8-11(19-2)14(20-3)12(9)13/h5-8,16H,4H2,1-3H3,(H,17,18). The van der Waals surface area contributed by atoms with Crippen LogP contribution in [0.4, 0.5) is 5.69 Å². The maximum atomic E-state index is 11.4. The van der Waals surface area contributed by atoms with E-state index >= 15 is 0 Å². The molecule has 5 heteroatoms. The molecule has 2 N–H and O–H groups in total. The van der Waals surface area contributed by atoms with E-state index in [9.17, 15) is 9.90 Å². The van der Waals surface area contributed by atoms with Crippen molar-refractivity contribution in [2.45, 2.75) is 6.92 Å². The van der Waals surface area contributed by atoms with Gasteiger partial charge >= 0.3 is 5.97 Å². The van der Waals surface area contributed by atoms with Crippen LogP contribution in [0.25, 0.3) is 10.8 Å². The molecule has 0 aliphatic rings. The molecular formula is C15H17NO4. The Labute approximate surface area is 117 Å². The van der Waals surface area contributed by atoms with Crippen molar-refractivity contribution in [3.05, 3.63) is 29.8 Å². The van der Waals surface area contributed by atoms with Crippen molar-refractivity contribution in [3.8, 4) is 11.5 Å². The Balaban J connectivity index is 2.88. The first-order valence-corrected chi connectivity index (χ1v) is 6.28. The fraction of sp³-hybridized carbons (Fsp3) is 0.267. The van der Waals surface area contributed by atoms with Gasteiger partial charge in [0.25, 0.3) is 0 Å². The average molecular weight is 275 g/mol. The molecule has 0 aliphatic carbocycles. The molecular weight excluding hydrogens is 258 g/mol. The Hall–Kier alpha value is -2.43. The normalized spacial score (nSPS) is 10.3. The highest BCUT2D eigenvalue weighted by Gasteiger charge is 2.18. The van der Waals surface area contributed by atoms with E-state index < -0.39 is 5.97 Å². The number of nitrogens with one attached hydrogen (secondary N) is 1. The van der Waals surface area contributed by atoms with Gasteiger partial charge in [-0.05, 0) is 24.4 Å². The van der Waals surface area contributed by atoms with Crippen molar-refractivity contribution in [1.82, 2.24) is 0 Å². The van der Waals surface area contributed by atoms with Crippen LogP contribution in [0.2, 0.25) is 0 Å². The molecule has 0 atom stereocenters. The molecule has 20 heavy (non-hydrogen) atoms. The summed E-state index contributed by atoms with van der Waals surface area (Å²) in [6, 6.07) is 7.04. The molecule has 0 aromatic heterocycles. The summed E-state index contributed by atoms with van der Waals surface area (Å²) >= 11 is 0. The van der Waals surface area contributed by atoms with Crippen molar-refractivity contribution < 1.29 is 19.4 Å². The summed E-state index contributed by atoms with van der Waals surface area (Å²) in [4.78, 5) is 11.4. The van der Waals surface area contributed by atoms with Gasteiger partial charge in [0.1, 0.15) is 0 Å². The molecule has 0 bridgehead atoms. The van der Waals surface area contributed by atoms with E-state index in [2.05, 4.69) is 5.32 Å². The van der Waals surface area contributed by atoms with E-state index in [-0.39, 0.29) is 5.56 Å². The van der Waals surface area contributed by atoms with Crippen molar-refractivity contribution in [2.24, 2.45) is 0 Å². The molecule has 0 saturated carbocycles. The van der Waals surface area contributed by atoms with Gasteiger partial charge in [-0.15, -0.1) is 0 Å². The van der Waals surface area contributed by atoms with Crippen LogP contribution in [0.3, 0.4) is 0 Å². The smallest absolute Gasteiger partial charge is 0.337 e. The molecule has 106 valence electrons. The third-order valence-corrected chi connectivity index (χ3v) is 3.11. The van der Waals surface area contributed by atoms with Crippen molar-refractivity contribution in [2.75, 3.05) is 26.1 Å². The number of hydrogen-bond acceptors (Lipinski definition) is 4. The molecule has 0 spiro atoms. The number of hydrogen-bond donors (Lipinski definition) is 2. The van der Waals surface area contributed by atoms with Crippen LogP contribution in [0.5, 0.6) is 11.5 Å². The predicted molar refractivity (Wildman–Crippen MR) is 78.2 cm³/mol. The number of methoxy groups -OCH3 is 2. The maximum Gasteiger partial charge on any atom is 0.337 e. The zero-order valence-corrected chi connectivity index (χ0v) is 11.7. The highest BCUT2D eigenvalue weighted by Crippen LogP contribution is 2.41. The summed E-state index contributed by atoms with van der Waals surface area (Å²) in [6.45, 7) is 2.52. The second kappa shape index (κ2) is 5.69.